The second kappa shape index (κ2) is 4.64. The lowest BCUT2D eigenvalue weighted by Crippen LogP contribution is -1.98. The molecule has 0 bridgehead atoms. The number of thioether (sulfide) groups is 1. The number of hydrogen-bond donors (Lipinski definition) is 0. The predicted octanol–water partition coefficient (Wildman–Crippen LogP) is 2.26. The number of rotatable bonds is 2. The Bertz CT molecular complexity index is 286. The number of carbonyl (C=O) groups is 1. The smallest absolute Gasteiger partial charge is 0.190 e. The molecule has 12 heavy (non-hydrogen) atoms. The minimum atomic E-state index is 0.153. The van der Waals surface area contributed by atoms with Crippen molar-refractivity contribution in [3.05, 3.63) is 24.3 Å². The van der Waals surface area contributed by atoms with E-state index >= 15 is 0 Å². The van der Waals surface area contributed by atoms with Crippen LogP contribution in [0.3, 0.4) is 0 Å². The van der Waals surface area contributed by atoms with Crippen LogP contribution < -0.4 is 5.30 Å². The van der Waals surface area contributed by atoms with Gasteiger partial charge in [0.25, 0.3) is 0 Å². The van der Waals surface area contributed by atoms with E-state index in [0.717, 1.165) is 13.5 Å². The third kappa shape index (κ3) is 2.62. The molecule has 1 rings (SSSR count). The molecular weight excluding hydrogens is 187 g/mol. The van der Waals surface area contributed by atoms with Crippen molar-refractivity contribution < 1.29 is 4.79 Å². The van der Waals surface area contributed by atoms with Crippen molar-refractivity contribution in [2.24, 2.45) is 0 Å². The average Bonchev–Trinajstić information content (AvgIpc) is 2.04. The van der Waals surface area contributed by atoms with E-state index in [1.54, 1.807) is 6.92 Å². The van der Waals surface area contributed by atoms with E-state index in [1.807, 2.05) is 18.2 Å². The van der Waals surface area contributed by atoms with Crippen molar-refractivity contribution in [2.75, 3.05) is 6.66 Å². The first-order valence-electron chi connectivity index (χ1n) is 3.69. The van der Waals surface area contributed by atoms with Gasteiger partial charge < -0.3 is 0 Å². The van der Waals surface area contributed by atoms with Crippen molar-refractivity contribution >= 4 is 30.8 Å². The summed E-state index contributed by atoms with van der Waals surface area (Å²) in [5.41, 5.74) is 0. The van der Waals surface area contributed by atoms with Crippen LogP contribution in [0.2, 0.25) is 0 Å². The molecule has 0 N–H and O–H groups in total. The van der Waals surface area contributed by atoms with Gasteiger partial charge in [0.1, 0.15) is 0 Å². The van der Waals surface area contributed by atoms with Crippen molar-refractivity contribution in [2.45, 2.75) is 11.8 Å². The summed E-state index contributed by atoms with van der Waals surface area (Å²) in [7, 11) is 0.755. The lowest BCUT2D eigenvalue weighted by Gasteiger charge is -2.03. The van der Waals surface area contributed by atoms with Gasteiger partial charge in [-0.05, 0) is 18.0 Å². The quantitative estimate of drug-likeness (QED) is 0.535. The summed E-state index contributed by atoms with van der Waals surface area (Å²) in [6, 6.07) is 8.05. The van der Waals surface area contributed by atoms with Crippen molar-refractivity contribution in [3.8, 4) is 0 Å². The van der Waals surface area contributed by atoms with E-state index in [-0.39, 0.29) is 5.12 Å². The molecule has 0 aliphatic carbocycles. The largest absolute Gasteiger partial charge is 0.287 e. The molecule has 0 aliphatic heterocycles. The van der Waals surface area contributed by atoms with Crippen molar-refractivity contribution in [1.82, 2.24) is 0 Å². The van der Waals surface area contributed by atoms with Crippen LogP contribution >= 0.6 is 20.3 Å². The average molecular weight is 198 g/mol. The van der Waals surface area contributed by atoms with Crippen molar-refractivity contribution in [3.63, 3.8) is 0 Å². The molecule has 1 unspecified atom stereocenters. The van der Waals surface area contributed by atoms with Crippen LogP contribution in [0.15, 0.2) is 29.2 Å². The third-order valence-corrected chi connectivity index (χ3v) is 3.43. The van der Waals surface area contributed by atoms with Gasteiger partial charge in [0.2, 0.25) is 0 Å². The zero-order chi connectivity index (χ0) is 8.97. The maximum atomic E-state index is 10.8. The molecule has 0 saturated heterocycles. The van der Waals surface area contributed by atoms with Gasteiger partial charge >= 0.3 is 0 Å². The predicted molar refractivity (Wildman–Crippen MR) is 56.9 cm³/mol. The van der Waals surface area contributed by atoms with E-state index in [4.69, 9.17) is 0 Å². The Morgan fingerprint density at radius 3 is 2.67 bits per heavy atom. The molecule has 0 radical (unpaired) electrons. The zero-order valence-electron chi connectivity index (χ0n) is 7.13. The monoisotopic (exact) mass is 198 g/mol. The van der Waals surface area contributed by atoms with Crippen LogP contribution in [0.25, 0.3) is 0 Å². The first-order chi connectivity index (χ1) is 5.74. The standard InChI is InChI=1S/C9H11OPS/c1-7(10)12-9-6-4-3-5-8(9)11-2/h3-6,11H,1-2H3. The second-order valence-corrected chi connectivity index (χ2v) is 4.60. The fourth-order valence-corrected chi connectivity index (χ4v) is 2.60. The fourth-order valence-electron chi connectivity index (χ4n) is 0.917. The highest BCUT2D eigenvalue weighted by Gasteiger charge is 2.02. The van der Waals surface area contributed by atoms with E-state index < -0.39 is 0 Å². The normalized spacial score (nSPS) is 10.8. The molecule has 0 spiro atoms. The Morgan fingerprint density at radius 1 is 1.42 bits per heavy atom. The molecule has 0 aliphatic rings. The van der Waals surface area contributed by atoms with E-state index in [2.05, 4.69) is 12.7 Å². The van der Waals surface area contributed by atoms with E-state index in [0.29, 0.717) is 0 Å². The number of hydrogen-bond acceptors (Lipinski definition) is 2. The molecule has 0 heterocycles. The van der Waals surface area contributed by atoms with Crippen LogP contribution in [0.5, 0.6) is 0 Å². The Kier molecular flexibility index (Phi) is 3.77. The minimum Gasteiger partial charge on any atom is -0.287 e. The summed E-state index contributed by atoms with van der Waals surface area (Å²) < 4.78 is 0. The Labute approximate surface area is 78.7 Å². The van der Waals surface area contributed by atoms with Gasteiger partial charge in [-0.3, -0.25) is 4.79 Å². The Hall–Kier alpha value is -0.330. The first kappa shape index (κ1) is 9.76. The van der Waals surface area contributed by atoms with E-state index in [1.165, 1.54) is 17.1 Å². The summed E-state index contributed by atoms with van der Waals surface area (Å²) in [6.07, 6.45) is 0. The molecule has 0 saturated carbocycles. The molecule has 1 atom stereocenters. The van der Waals surface area contributed by atoms with Gasteiger partial charge in [0, 0.05) is 11.8 Å². The zero-order valence-corrected chi connectivity index (χ0v) is 8.94. The summed E-state index contributed by atoms with van der Waals surface area (Å²) in [5, 5.41) is 1.43. The topological polar surface area (TPSA) is 17.1 Å². The Morgan fingerprint density at radius 2 is 2.08 bits per heavy atom. The molecule has 1 aromatic carbocycles. The second-order valence-electron chi connectivity index (χ2n) is 2.34. The summed E-state index contributed by atoms with van der Waals surface area (Å²) in [4.78, 5) is 11.9. The van der Waals surface area contributed by atoms with Gasteiger partial charge in [0.15, 0.2) is 5.12 Å². The fraction of sp³-hybridized carbons (Fsp3) is 0.222. The van der Waals surface area contributed by atoms with E-state index in [9.17, 15) is 4.79 Å². The number of benzene rings is 1. The maximum Gasteiger partial charge on any atom is 0.190 e. The highest BCUT2D eigenvalue weighted by Crippen LogP contribution is 2.20. The first-order valence-corrected chi connectivity index (χ1v) is 6.01. The maximum absolute atomic E-state index is 10.8. The Balaban J connectivity index is 2.89. The van der Waals surface area contributed by atoms with Crippen LogP contribution in [-0.2, 0) is 4.79 Å². The molecule has 0 fully saturated rings. The van der Waals surface area contributed by atoms with Gasteiger partial charge in [-0.2, -0.15) is 0 Å². The molecule has 3 heteroatoms. The van der Waals surface area contributed by atoms with Gasteiger partial charge in [-0.25, -0.2) is 0 Å². The molecule has 1 aromatic rings. The van der Waals surface area contributed by atoms with Gasteiger partial charge in [0.05, 0.1) is 0 Å². The lowest BCUT2D eigenvalue weighted by molar-refractivity contribution is -0.109. The van der Waals surface area contributed by atoms with Crippen LogP contribution in [0.1, 0.15) is 6.92 Å². The lowest BCUT2D eigenvalue weighted by atomic mass is 10.4. The molecule has 0 amide bonds. The molecule has 64 valence electrons. The summed E-state index contributed by atoms with van der Waals surface area (Å²) >= 11 is 1.32. The highest BCUT2D eigenvalue weighted by atomic mass is 32.2. The van der Waals surface area contributed by atoms with Gasteiger partial charge in [-0.15, -0.1) is 0 Å². The van der Waals surface area contributed by atoms with Crippen LogP contribution in [-0.4, -0.2) is 11.8 Å². The summed E-state index contributed by atoms with van der Waals surface area (Å²) in [6.45, 7) is 3.72. The van der Waals surface area contributed by atoms with Crippen molar-refractivity contribution in [1.29, 1.82) is 0 Å². The van der Waals surface area contributed by atoms with Crippen LogP contribution in [0, 0.1) is 0 Å². The summed E-state index contributed by atoms with van der Waals surface area (Å²) in [5.74, 6) is 0. The highest BCUT2D eigenvalue weighted by molar-refractivity contribution is 8.13. The van der Waals surface area contributed by atoms with Crippen LogP contribution in [0.4, 0.5) is 0 Å². The molecule has 1 nitrogen and oxygen atoms in total. The SMILES string of the molecule is CPc1ccccc1SC(C)=O. The number of carbonyl (C=O) groups excluding carboxylic acids is 1. The molecule has 0 aromatic heterocycles. The molecular formula is C9H11OPS. The van der Waals surface area contributed by atoms with Gasteiger partial charge in [-0.1, -0.05) is 38.5 Å². The third-order valence-electron chi connectivity index (χ3n) is 1.41. The minimum absolute atomic E-state index is 0.153.